The van der Waals surface area contributed by atoms with Gasteiger partial charge < -0.3 is 5.32 Å². The summed E-state index contributed by atoms with van der Waals surface area (Å²) >= 11 is 0. The van der Waals surface area contributed by atoms with E-state index in [1.54, 1.807) is 0 Å². The van der Waals surface area contributed by atoms with Gasteiger partial charge in [-0.3, -0.25) is 0 Å². The summed E-state index contributed by atoms with van der Waals surface area (Å²) in [6.07, 6.45) is -4.65. The standard InChI is InChI=1S/C14H20F3N/c1-10-5-6-11(2)13(9-10)12(3)18-8-4-7-14(15,16)17/h5-6,9,12,18H,4,7-8H2,1-3H3. The quantitative estimate of drug-likeness (QED) is 0.777. The van der Waals surface area contributed by atoms with E-state index in [0.29, 0.717) is 6.54 Å². The van der Waals surface area contributed by atoms with Crippen LogP contribution in [0.3, 0.4) is 0 Å². The normalized spacial score (nSPS) is 13.7. The van der Waals surface area contributed by atoms with Gasteiger partial charge in [0.25, 0.3) is 0 Å². The zero-order valence-corrected chi connectivity index (χ0v) is 11.1. The lowest BCUT2D eigenvalue weighted by atomic mass is 10.00. The molecule has 1 atom stereocenters. The number of rotatable bonds is 5. The monoisotopic (exact) mass is 259 g/mol. The molecule has 0 aliphatic rings. The van der Waals surface area contributed by atoms with Gasteiger partial charge in [0.15, 0.2) is 0 Å². The summed E-state index contributed by atoms with van der Waals surface area (Å²) in [5, 5.41) is 3.14. The van der Waals surface area contributed by atoms with E-state index in [9.17, 15) is 13.2 Å². The lowest BCUT2D eigenvalue weighted by Crippen LogP contribution is -2.22. The molecule has 1 nitrogen and oxygen atoms in total. The first-order valence-electron chi connectivity index (χ1n) is 6.17. The molecule has 0 aliphatic carbocycles. The number of halogens is 3. The zero-order chi connectivity index (χ0) is 13.8. The molecule has 4 heteroatoms. The Bertz CT molecular complexity index is 385. The third-order valence-corrected chi connectivity index (χ3v) is 2.99. The summed E-state index contributed by atoms with van der Waals surface area (Å²) in [6, 6.07) is 6.24. The molecule has 0 fully saturated rings. The van der Waals surface area contributed by atoms with Gasteiger partial charge in [-0.05, 0) is 44.9 Å². The summed E-state index contributed by atoms with van der Waals surface area (Å²) in [7, 11) is 0. The van der Waals surface area contributed by atoms with Gasteiger partial charge in [0.1, 0.15) is 0 Å². The predicted octanol–water partition coefficient (Wildman–Crippen LogP) is 4.30. The first kappa shape index (κ1) is 15.0. The molecule has 18 heavy (non-hydrogen) atoms. The summed E-state index contributed by atoms with van der Waals surface area (Å²) in [5.74, 6) is 0. The van der Waals surface area contributed by atoms with Crippen LogP contribution in [0.4, 0.5) is 13.2 Å². The van der Waals surface area contributed by atoms with Gasteiger partial charge in [-0.1, -0.05) is 23.8 Å². The van der Waals surface area contributed by atoms with E-state index in [1.165, 1.54) is 5.56 Å². The largest absolute Gasteiger partial charge is 0.389 e. The van der Waals surface area contributed by atoms with Crippen molar-refractivity contribution in [1.82, 2.24) is 5.32 Å². The molecule has 1 aromatic carbocycles. The molecule has 0 aromatic heterocycles. The molecule has 0 radical (unpaired) electrons. The van der Waals surface area contributed by atoms with Gasteiger partial charge in [0.05, 0.1) is 0 Å². The molecule has 1 aromatic rings. The number of nitrogens with one attached hydrogen (secondary N) is 1. The van der Waals surface area contributed by atoms with Crippen LogP contribution in [0.1, 0.15) is 42.5 Å². The first-order valence-corrected chi connectivity index (χ1v) is 6.17. The smallest absolute Gasteiger partial charge is 0.310 e. The summed E-state index contributed by atoms with van der Waals surface area (Å²) in [4.78, 5) is 0. The van der Waals surface area contributed by atoms with Crippen molar-refractivity contribution in [3.05, 3.63) is 34.9 Å². The minimum absolute atomic E-state index is 0.0816. The van der Waals surface area contributed by atoms with Crippen LogP contribution < -0.4 is 5.32 Å². The Hall–Kier alpha value is -1.03. The van der Waals surface area contributed by atoms with E-state index in [-0.39, 0.29) is 12.5 Å². The minimum atomic E-state index is -4.05. The summed E-state index contributed by atoms with van der Waals surface area (Å²) < 4.78 is 36.0. The average Bonchev–Trinajstić information content (AvgIpc) is 2.26. The molecule has 0 amide bonds. The Morgan fingerprint density at radius 1 is 1.22 bits per heavy atom. The van der Waals surface area contributed by atoms with Gasteiger partial charge in [-0.2, -0.15) is 13.2 Å². The maximum Gasteiger partial charge on any atom is 0.389 e. The van der Waals surface area contributed by atoms with E-state index in [4.69, 9.17) is 0 Å². The van der Waals surface area contributed by atoms with Gasteiger partial charge in [-0.25, -0.2) is 0 Å². The van der Waals surface area contributed by atoms with E-state index < -0.39 is 12.6 Å². The van der Waals surface area contributed by atoms with E-state index in [2.05, 4.69) is 11.4 Å². The Labute approximate surface area is 106 Å². The second-order valence-corrected chi connectivity index (χ2v) is 4.75. The van der Waals surface area contributed by atoms with Crippen LogP contribution in [0.5, 0.6) is 0 Å². The molecular weight excluding hydrogens is 239 g/mol. The Balaban J connectivity index is 2.45. The molecule has 0 saturated carbocycles. The zero-order valence-electron chi connectivity index (χ0n) is 11.1. The molecule has 0 bridgehead atoms. The Morgan fingerprint density at radius 3 is 2.50 bits per heavy atom. The van der Waals surface area contributed by atoms with Gasteiger partial charge in [0, 0.05) is 12.5 Å². The van der Waals surface area contributed by atoms with Crippen LogP contribution in [-0.4, -0.2) is 12.7 Å². The van der Waals surface area contributed by atoms with Crippen LogP contribution in [0, 0.1) is 13.8 Å². The molecular formula is C14H20F3N. The predicted molar refractivity (Wildman–Crippen MR) is 67.6 cm³/mol. The highest BCUT2D eigenvalue weighted by Crippen LogP contribution is 2.22. The van der Waals surface area contributed by atoms with E-state index >= 15 is 0 Å². The number of hydrogen-bond donors (Lipinski definition) is 1. The van der Waals surface area contributed by atoms with Crippen molar-refractivity contribution < 1.29 is 13.2 Å². The van der Waals surface area contributed by atoms with Crippen molar-refractivity contribution in [3.8, 4) is 0 Å². The molecule has 102 valence electrons. The fourth-order valence-corrected chi connectivity index (χ4v) is 1.94. The second-order valence-electron chi connectivity index (χ2n) is 4.75. The minimum Gasteiger partial charge on any atom is -0.310 e. The topological polar surface area (TPSA) is 12.0 Å². The van der Waals surface area contributed by atoms with Crippen molar-refractivity contribution in [2.75, 3.05) is 6.54 Å². The lowest BCUT2D eigenvalue weighted by molar-refractivity contribution is -0.135. The van der Waals surface area contributed by atoms with Crippen molar-refractivity contribution in [3.63, 3.8) is 0 Å². The average molecular weight is 259 g/mol. The van der Waals surface area contributed by atoms with Crippen LogP contribution in [-0.2, 0) is 0 Å². The lowest BCUT2D eigenvalue weighted by Gasteiger charge is -2.17. The van der Waals surface area contributed by atoms with Crippen LogP contribution in [0.2, 0.25) is 0 Å². The molecule has 0 aliphatic heterocycles. The number of alkyl halides is 3. The molecule has 1 rings (SSSR count). The van der Waals surface area contributed by atoms with Crippen LogP contribution >= 0.6 is 0 Å². The highest BCUT2D eigenvalue weighted by atomic mass is 19.4. The molecule has 0 heterocycles. The van der Waals surface area contributed by atoms with Gasteiger partial charge in [0.2, 0.25) is 0 Å². The van der Waals surface area contributed by atoms with E-state index in [0.717, 1.165) is 11.1 Å². The van der Waals surface area contributed by atoms with Crippen molar-refractivity contribution in [1.29, 1.82) is 0 Å². The fraction of sp³-hybridized carbons (Fsp3) is 0.571. The van der Waals surface area contributed by atoms with Crippen LogP contribution in [0.25, 0.3) is 0 Å². The fourth-order valence-electron chi connectivity index (χ4n) is 1.94. The van der Waals surface area contributed by atoms with Crippen molar-refractivity contribution in [2.24, 2.45) is 0 Å². The molecule has 0 saturated heterocycles. The van der Waals surface area contributed by atoms with E-state index in [1.807, 2.05) is 32.9 Å². The van der Waals surface area contributed by atoms with Crippen molar-refractivity contribution >= 4 is 0 Å². The SMILES string of the molecule is Cc1ccc(C)c(C(C)NCCCC(F)(F)F)c1. The summed E-state index contributed by atoms with van der Waals surface area (Å²) in [5.41, 5.74) is 3.48. The number of hydrogen-bond acceptors (Lipinski definition) is 1. The highest BCUT2D eigenvalue weighted by molar-refractivity contribution is 5.32. The Morgan fingerprint density at radius 2 is 1.89 bits per heavy atom. The first-order chi connectivity index (χ1) is 8.29. The van der Waals surface area contributed by atoms with Gasteiger partial charge in [-0.15, -0.1) is 0 Å². The van der Waals surface area contributed by atoms with Crippen molar-refractivity contribution in [2.45, 2.75) is 45.8 Å². The number of benzene rings is 1. The Kier molecular flexibility index (Phi) is 5.20. The molecule has 1 unspecified atom stereocenters. The highest BCUT2D eigenvalue weighted by Gasteiger charge is 2.25. The number of aryl methyl sites for hydroxylation is 2. The second kappa shape index (κ2) is 6.23. The summed E-state index contributed by atoms with van der Waals surface area (Å²) in [6.45, 7) is 6.39. The van der Waals surface area contributed by atoms with Gasteiger partial charge >= 0.3 is 6.18 Å². The maximum absolute atomic E-state index is 12.0. The molecule has 1 N–H and O–H groups in total. The third-order valence-electron chi connectivity index (χ3n) is 2.99. The third kappa shape index (κ3) is 5.08. The molecule has 0 spiro atoms. The maximum atomic E-state index is 12.0. The van der Waals surface area contributed by atoms with Crippen LogP contribution in [0.15, 0.2) is 18.2 Å².